The van der Waals surface area contributed by atoms with E-state index >= 15 is 0 Å². The van der Waals surface area contributed by atoms with E-state index in [9.17, 15) is 4.79 Å². The Bertz CT molecular complexity index is 1310. The predicted octanol–water partition coefficient (Wildman–Crippen LogP) is 4.64. The summed E-state index contributed by atoms with van der Waals surface area (Å²) < 4.78 is 7.38. The Balaban J connectivity index is 1.47. The van der Waals surface area contributed by atoms with Crippen molar-refractivity contribution < 1.29 is 9.53 Å². The second-order valence-corrected chi connectivity index (χ2v) is 8.75. The van der Waals surface area contributed by atoms with Crippen LogP contribution < -0.4 is 15.4 Å². The van der Waals surface area contributed by atoms with E-state index < -0.39 is 0 Å². The van der Waals surface area contributed by atoms with Crippen LogP contribution in [0.2, 0.25) is 0 Å². The Kier molecular flexibility index (Phi) is 6.95. The van der Waals surface area contributed by atoms with Gasteiger partial charge in [0.1, 0.15) is 10.8 Å². The maximum atomic E-state index is 12.7. The highest BCUT2D eigenvalue weighted by Crippen LogP contribution is 2.29. The van der Waals surface area contributed by atoms with Crippen LogP contribution in [0.25, 0.3) is 15.5 Å². The minimum absolute atomic E-state index is 0.214. The third-order valence-corrected chi connectivity index (χ3v) is 6.05. The highest BCUT2D eigenvalue weighted by Gasteiger charge is 2.14. The monoisotopic (exact) mass is 480 g/mol. The number of nitrogens with zero attached hydrogens (tertiary/aromatic N) is 4. The van der Waals surface area contributed by atoms with E-state index in [-0.39, 0.29) is 11.0 Å². The molecule has 0 aliphatic rings. The third kappa shape index (κ3) is 5.18. The Morgan fingerprint density at radius 2 is 2.03 bits per heavy atom. The molecule has 0 fully saturated rings. The number of hydrogen-bond acceptors (Lipinski definition) is 7. The lowest BCUT2D eigenvalue weighted by Crippen LogP contribution is -2.34. The molecule has 170 valence electrons. The molecule has 0 atom stereocenters. The van der Waals surface area contributed by atoms with Crippen LogP contribution in [0.1, 0.15) is 42.0 Å². The zero-order valence-corrected chi connectivity index (χ0v) is 20.2. The first-order valence-corrected chi connectivity index (χ1v) is 11.9. The Morgan fingerprint density at radius 1 is 1.18 bits per heavy atom. The molecule has 0 unspecified atom stereocenters. The highest BCUT2D eigenvalue weighted by molar-refractivity contribution is 7.80. The molecule has 2 N–H and O–H groups in total. The minimum Gasteiger partial charge on any atom is -0.494 e. The van der Waals surface area contributed by atoms with Gasteiger partial charge in [0.05, 0.1) is 6.61 Å². The van der Waals surface area contributed by atoms with Crippen LogP contribution in [0.5, 0.6) is 5.75 Å². The van der Waals surface area contributed by atoms with Gasteiger partial charge in [-0.05, 0) is 55.4 Å². The summed E-state index contributed by atoms with van der Waals surface area (Å²) in [6, 6.07) is 13.0. The number of ether oxygens (including phenoxy) is 1. The van der Waals surface area contributed by atoms with Crippen LogP contribution in [0, 0.1) is 6.92 Å². The van der Waals surface area contributed by atoms with Gasteiger partial charge in [-0.1, -0.05) is 43.4 Å². The summed E-state index contributed by atoms with van der Waals surface area (Å²) in [5.74, 6) is 1.18. The average molecular weight is 481 g/mol. The van der Waals surface area contributed by atoms with E-state index in [0.29, 0.717) is 17.9 Å². The fourth-order valence-corrected chi connectivity index (χ4v) is 4.22. The SMILES string of the molecule is CCCOc1cccc(C(=O)NC(=S)Nc2cc(-c3nn4c(CC)nnc4s3)ccc2C)c1. The second kappa shape index (κ2) is 10.1. The molecule has 4 rings (SSSR count). The zero-order chi connectivity index (χ0) is 23.4. The molecule has 0 aliphatic heterocycles. The molecule has 33 heavy (non-hydrogen) atoms. The average Bonchev–Trinajstić information content (AvgIpc) is 3.40. The zero-order valence-electron chi connectivity index (χ0n) is 18.6. The van der Waals surface area contributed by atoms with E-state index in [2.05, 4.69) is 25.9 Å². The Morgan fingerprint density at radius 3 is 2.82 bits per heavy atom. The van der Waals surface area contributed by atoms with Crippen molar-refractivity contribution >= 4 is 45.2 Å². The topological polar surface area (TPSA) is 93.4 Å². The standard InChI is InChI=1S/C23H24N6O2S2/c1-4-11-31-17-8-6-7-15(12-17)20(30)25-22(32)24-18-13-16(10-9-14(18)3)21-28-29-19(5-2)26-27-23(29)33-21/h6-10,12-13H,4-5,11H2,1-3H3,(H2,24,25,30,32). The summed E-state index contributed by atoms with van der Waals surface area (Å²) in [5.41, 5.74) is 3.18. The summed E-state index contributed by atoms with van der Waals surface area (Å²) in [6.45, 7) is 6.62. The molecule has 8 nitrogen and oxygen atoms in total. The molecule has 4 aromatic rings. The number of benzene rings is 2. The quantitative estimate of drug-likeness (QED) is 0.372. The number of fused-ring (bicyclic) bond motifs is 1. The van der Waals surface area contributed by atoms with E-state index in [1.54, 1.807) is 22.7 Å². The van der Waals surface area contributed by atoms with Crippen molar-refractivity contribution in [3.8, 4) is 16.3 Å². The van der Waals surface area contributed by atoms with Gasteiger partial charge in [0.15, 0.2) is 10.9 Å². The summed E-state index contributed by atoms with van der Waals surface area (Å²) in [5, 5.41) is 19.9. The van der Waals surface area contributed by atoms with Crippen LogP contribution in [0.4, 0.5) is 5.69 Å². The molecule has 2 aromatic heterocycles. The number of nitrogens with one attached hydrogen (secondary N) is 2. The van der Waals surface area contributed by atoms with Crippen molar-refractivity contribution in [1.82, 2.24) is 25.1 Å². The maximum Gasteiger partial charge on any atom is 0.257 e. The summed E-state index contributed by atoms with van der Waals surface area (Å²) >= 11 is 6.87. The number of hydrogen-bond donors (Lipinski definition) is 2. The first-order chi connectivity index (χ1) is 16.0. The van der Waals surface area contributed by atoms with Crippen molar-refractivity contribution in [2.24, 2.45) is 0 Å². The Labute approximate surface area is 201 Å². The van der Waals surface area contributed by atoms with Crippen LogP contribution in [0.15, 0.2) is 42.5 Å². The fourth-order valence-electron chi connectivity index (χ4n) is 3.16. The van der Waals surface area contributed by atoms with Gasteiger partial charge < -0.3 is 10.1 Å². The molecule has 0 radical (unpaired) electrons. The lowest BCUT2D eigenvalue weighted by molar-refractivity contribution is 0.0977. The van der Waals surface area contributed by atoms with Gasteiger partial charge >= 0.3 is 0 Å². The highest BCUT2D eigenvalue weighted by atomic mass is 32.1. The molecule has 0 saturated heterocycles. The number of carbonyl (C=O) groups excluding carboxylic acids is 1. The fraction of sp³-hybridized carbons (Fsp3) is 0.261. The molecule has 0 saturated carbocycles. The van der Waals surface area contributed by atoms with Crippen molar-refractivity contribution in [3.63, 3.8) is 0 Å². The van der Waals surface area contributed by atoms with E-state index in [0.717, 1.165) is 45.4 Å². The van der Waals surface area contributed by atoms with Gasteiger partial charge in [-0.15, -0.1) is 10.2 Å². The summed E-state index contributed by atoms with van der Waals surface area (Å²) in [6.07, 6.45) is 1.65. The first kappa shape index (κ1) is 22.8. The van der Waals surface area contributed by atoms with E-state index in [1.165, 1.54) is 11.3 Å². The number of thiocarbonyl (C=S) groups is 1. The van der Waals surface area contributed by atoms with Gasteiger partial charge in [0.25, 0.3) is 5.91 Å². The largest absolute Gasteiger partial charge is 0.494 e. The molecule has 1 amide bonds. The molecule has 2 aromatic carbocycles. The smallest absolute Gasteiger partial charge is 0.257 e. The predicted molar refractivity (Wildman–Crippen MR) is 134 cm³/mol. The molecular formula is C23H24N6O2S2. The molecule has 0 bridgehead atoms. The number of anilines is 1. The molecule has 10 heteroatoms. The van der Waals surface area contributed by atoms with E-state index in [4.69, 9.17) is 17.0 Å². The third-order valence-electron chi connectivity index (χ3n) is 4.90. The van der Waals surface area contributed by atoms with Crippen LogP contribution >= 0.6 is 23.6 Å². The van der Waals surface area contributed by atoms with Crippen molar-refractivity contribution in [2.75, 3.05) is 11.9 Å². The minimum atomic E-state index is -0.302. The van der Waals surface area contributed by atoms with Crippen molar-refractivity contribution in [3.05, 3.63) is 59.4 Å². The van der Waals surface area contributed by atoms with Gasteiger partial charge in [-0.3, -0.25) is 10.1 Å². The van der Waals surface area contributed by atoms with Crippen LogP contribution in [-0.4, -0.2) is 37.4 Å². The normalized spacial score (nSPS) is 10.9. The number of aryl methyl sites for hydroxylation is 2. The van der Waals surface area contributed by atoms with Gasteiger partial charge in [-0.25, -0.2) is 0 Å². The number of rotatable bonds is 7. The molecular weight excluding hydrogens is 456 g/mol. The molecule has 0 spiro atoms. The maximum absolute atomic E-state index is 12.7. The van der Waals surface area contributed by atoms with E-state index in [1.807, 2.05) is 45.0 Å². The van der Waals surface area contributed by atoms with Gasteiger partial charge in [-0.2, -0.15) is 9.61 Å². The molecule has 0 aliphatic carbocycles. The number of carbonyl (C=O) groups is 1. The summed E-state index contributed by atoms with van der Waals surface area (Å²) in [4.78, 5) is 13.4. The van der Waals surface area contributed by atoms with Gasteiger partial charge in [0.2, 0.25) is 4.96 Å². The number of amides is 1. The van der Waals surface area contributed by atoms with Crippen LogP contribution in [-0.2, 0) is 6.42 Å². The van der Waals surface area contributed by atoms with Crippen LogP contribution in [0.3, 0.4) is 0 Å². The summed E-state index contributed by atoms with van der Waals surface area (Å²) in [7, 11) is 0. The van der Waals surface area contributed by atoms with Gasteiger partial charge in [0, 0.05) is 23.2 Å². The molecule has 2 heterocycles. The lowest BCUT2D eigenvalue weighted by Gasteiger charge is -2.13. The second-order valence-electron chi connectivity index (χ2n) is 7.39. The van der Waals surface area contributed by atoms with Crippen molar-refractivity contribution in [1.29, 1.82) is 0 Å². The first-order valence-electron chi connectivity index (χ1n) is 10.7. The lowest BCUT2D eigenvalue weighted by atomic mass is 10.1. The number of aromatic nitrogens is 4. The van der Waals surface area contributed by atoms with Crippen molar-refractivity contribution in [2.45, 2.75) is 33.6 Å². The Hall–Kier alpha value is -3.37.